The van der Waals surface area contributed by atoms with Gasteiger partial charge in [-0.25, -0.2) is 4.79 Å². The lowest BCUT2D eigenvalue weighted by molar-refractivity contribution is -0.384. The summed E-state index contributed by atoms with van der Waals surface area (Å²) < 4.78 is 1.13. The molecule has 0 saturated carbocycles. The van der Waals surface area contributed by atoms with E-state index in [-0.39, 0.29) is 18.8 Å². The van der Waals surface area contributed by atoms with Gasteiger partial charge in [0.1, 0.15) is 5.56 Å². The predicted molar refractivity (Wildman–Crippen MR) is 76.8 cm³/mol. The fraction of sp³-hybridized carbons (Fsp3) is 0.143. The average Bonchev–Trinajstić information content (AvgIpc) is 2.49. The van der Waals surface area contributed by atoms with Gasteiger partial charge in [-0.15, -0.1) is 0 Å². The molecule has 8 nitrogen and oxygen atoms in total. The van der Waals surface area contributed by atoms with Gasteiger partial charge < -0.3 is 14.8 Å². The Balaban J connectivity index is 2.59. The van der Waals surface area contributed by atoms with Crippen LogP contribution in [0.25, 0.3) is 11.3 Å². The number of nitro benzene ring substituents is 1. The molecule has 114 valence electrons. The minimum atomic E-state index is -1.35. The monoisotopic (exact) mass is 304 g/mol. The summed E-state index contributed by atoms with van der Waals surface area (Å²) >= 11 is 0. The summed E-state index contributed by atoms with van der Waals surface area (Å²) in [7, 11) is 0. The van der Waals surface area contributed by atoms with E-state index in [0.717, 1.165) is 4.57 Å². The van der Waals surface area contributed by atoms with E-state index in [9.17, 15) is 19.7 Å². The number of hydrogen-bond acceptors (Lipinski definition) is 5. The molecule has 0 atom stereocenters. The molecule has 8 heteroatoms. The Labute approximate surface area is 124 Å². The number of benzene rings is 1. The van der Waals surface area contributed by atoms with Crippen LogP contribution >= 0.6 is 0 Å². The first-order valence-electron chi connectivity index (χ1n) is 6.28. The fourth-order valence-corrected chi connectivity index (χ4v) is 2.07. The maximum atomic E-state index is 12.1. The molecule has 1 heterocycles. The molecular formula is C14H12N2O6. The third kappa shape index (κ3) is 2.86. The topological polar surface area (TPSA) is 123 Å². The van der Waals surface area contributed by atoms with Crippen molar-refractivity contribution in [3.05, 3.63) is 62.4 Å². The Bertz CT molecular complexity index is 779. The van der Waals surface area contributed by atoms with Crippen molar-refractivity contribution in [3.8, 4) is 11.3 Å². The summed E-state index contributed by atoms with van der Waals surface area (Å²) in [5, 5.41) is 28.7. The normalized spacial score (nSPS) is 10.4. The van der Waals surface area contributed by atoms with Gasteiger partial charge in [0.05, 0.1) is 17.2 Å². The maximum absolute atomic E-state index is 12.1. The van der Waals surface area contributed by atoms with E-state index < -0.39 is 22.0 Å². The van der Waals surface area contributed by atoms with E-state index in [4.69, 9.17) is 10.2 Å². The van der Waals surface area contributed by atoms with E-state index in [1.807, 2.05) is 0 Å². The molecule has 0 radical (unpaired) electrons. The molecule has 0 unspecified atom stereocenters. The largest absolute Gasteiger partial charge is 0.477 e. The van der Waals surface area contributed by atoms with Gasteiger partial charge in [0.2, 0.25) is 0 Å². The highest BCUT2D eigenvalue weighted by molar-refractivity contribution is 5.87. The summed E-state index contributed by atoms with van der Waals surface area (Å²) in [5.74, 6) is -1.35. The van der Waals surface area contributed by atoms with Crippen LogP contribution in [0.5, 0.6) is 0 Å². The SMILES string of the molecule is O=C(O)c1ccc(-c2ccc([N+](=O)[O-])cc2)n(CCO)c1=O. The van der Waals surface area contributed by atoms with E-state index >= 15 is 0 Å². The zero-order valence-electron chi connectivity index (χ0n) is 11.3. The number of carboxylic acid groups (broad SMARTS) is 1. The number of carbonyl (C=O) groups is 1. The number of pyridine rings is 1. The van der Waals surface area contributed by atoms with Gasteiger partial charge in [0, 0.05) is 18.7 Å². The van der Waals surface area contributed by atoms with Crippen LogP contribution in [0.15, 0.2) is 41.2 Å². The zero-order valence-corrected chi connectivity index (χ0v) is 11.3. The van der Waals surface area contributed by atoms with Crippen molar-refractivity contribution < 1.29 is 19.9 Å². The van der Waals surface area contributed by atoms with E-state index in [1.165, 1.54) is 36.4 Å². The van der Waals surface area contributed by atoms with Crippen LogP contribution in [0.4, 0.5) is 5.69 Å². The molecule has 0 amide bonds. The van der Waals surface area contributed by atoms with Crippen molar-refractivity contribution in [1.29, 1.82) is 0 Å². The summed E-state index contributed by atoms with van der Waals surface area (Å²) in [4.78, 5) is 33.2. The highest BCUT2D eigenvalue weighted by Gasteiger charge is 2.15. The molecular weight excluding hydrogens is 292 g/mol. The van der Waals surface area contributed by atoms with Crippen molar-refractivity contribution in [2.45, 2.75) is 6.54 Å². The first-order chi connectivity index (χ1) is 10.5. The number of aliphatic hydroxyl groups excluding tert-OH is 1. The fourth-order valence-electron chi connectivity index (χ4n) is 2.07. The quantitative estimate of drug-likeness (QED) is 0.630. The minimum absolute atomic E-state index is 0.0771. The standard InChI is InChI=1S/C14H12N2O6/c17-8-7-15-12(6-5-11(13(15)18)14(19)20)9-1-3-10(4-2-9)16(21)22/h1-6,17H,7-8H2,(H,19,20). The summed E-state index contributed by atoms with van der Waals surface area (Å²) in [5.41, 5.74) is -0.356. The van der Waals surface area contributed by atoms with Gasteiger partial charge in [-0.05, 0) is 29.8 Å². The molecule has 2 N–H and O–H groups in total. The van der Waals surface area contributed by atoms with Gasteiger partial charge in [-0.1, -0.05) is 0 Å². The number of rotatable bonds is 5. The van der Waals surface area contributed by atoms with Gasteiger partial charge >= 0.3 is 5.97 Å². The van der Waals surface area contributed by atoms with Crippen LogP contribution < -0.4 is 5.56 Å². The van der Waals surface area contributed by atoms with Gasteiger partial charge in [0.15, 0.2) is 0 Å². The van der Waals surface area contributed by atoms with Crippen molar-refractivity contribution >= 4 is 11.7 Å². The number of aromatic nitrogens is 1. The second-order valence-corrected chi connectivity index (χ2v) is 4.42. The van der Waals surface area contributed by atoms with Crippen molar-refractivity contribution in [2.75, 3.05) is 6.61 Å². The molecule has 0 bridgehead atoms. The van der Waals surface area contributed by atoms with Crippen LogP contribution in [-0.4, -0.2) is 32.3 Å². The van der Waals surface area contributed by atoms with Crippen LogP contribution in [0, 0.1) is 10.1 Å². The van der Waals surface area contributed by atoms with Gasteiger partial charge in [-0.3, -0.25) is 14.9 Å². The molecule has 0 fully saturated rings. The van der Waals surface area contributed by atoms with Gasteiger partial charge in [-0.2, -0.15) is 0 Å². The second-order valence-electron chi connectivity index (χ2n) is 4.42. The lowest BCUT2D eigenvalue weighted by Gasteiger charge is -2.12. The molecule has 0 aliphatic heterocycles. The highest BCUT2D eigenvalue weighted by Crippen LogP contribution is 2.21. The molecule has 0 spiro atoms. The molecule has 2 aromatic rings. The first kappa shape index (κ1) is 15.4. The van der Waals surface area contributed by atoms with E-state index in [2.05, 4.69) is 0 Å². The van der Waals surface area contributed by atoms with E-state index in [1.54, 1.807) is 0 Å². The maximum Gasteiger partial charge on any atom is 0.341 e. The third-order valence-electron chi connectivity index (χ3n) is 3.10. The van der Waals surface area contributed by atoms with Crippen LogP contribution in [0.3, 0.4) is 0 Å². The van der Waals surface area contributed by atoms with Gasteiger partial charge in [0.25, 0.3) is 11.2 Å². The number of carboxylic acids is 1. The Morgan fingerprint density at radius 2 is 1.82 bits per heavy atom. The minimum Gasteiger partial charge on any atom is -0.477 e. The lowest BCUT2D eigenvalue weighted by atomic mass is 10.1. The summed E-state index contributed by atoms with van der Waals surface area (Å²) in [6.07, 6.45) is 0. The Morgan fingerprint density at radius 1 is 1.18 bits per heavy atom. The number of aliphatic hydroxyl groups is 1. The molecule has 1 aromatic heterocycles. The smallest absolute Gasteiger partial charge is 0.341 e. The number of nitro groups is 1. The number of nitrogens with zero attached hydrogens (tertiary/aromatic N) is 2. The first-order valence-corrected chi connectivity index (χ1v) is 6.28. The molecule has 1 aromatic carbocycles. The summed E-state index contributed by atoms with van der Waals surface area (Å²) in [6, 6.07) is 8.10. The molecule has 22 heavy (non-hydrogen) atoms. The number of non-ortho nitro benzene ring substituents is 1. The van der Waals surface area contributed by atoms with Crippen molar-refractivity contribution in [3.63, 3.8) is 0 Å². The van der Waals surface area contributed by atoms with Crippen LogP contribution in [0.1, 0.15) is 10.4 Å². The number of aromatic carboxylic acids is 1. The molecule has 0 aliphatic rings. The second kappa shape index (κ2) is 6.19. The Kier molecular flexibility index (Phi) is 4.33. The van der Waals surface area contributed by atoms with Crippen LogP contribution in [-0.2, 0) is 6.54 Å². The molecule has 0 saturated heterocycles. The predicted octanol–water partition coefficient (Wildman–Crippen LogP) is 1.11. The summed E-state index contributed by atoms with van der Waals surface area (Å²) in [6.45, 7) is -0.421. The lowest BCUT2D eigenvalue weighted by Crippen LogP contribution is -2.28. The zero-order chi connectivity index (χ0) is 16.3. The third-order valence-corrected chi connectivity index (χ3v) is 3.10. The van der Waals surface area contributed by atoms with E-state index in [0.29, 0.717) is 11.3 Å². The number of hydrogen-bond donors (Lipinski definition) is 2. The highest BCUT2D eigenvalue weighted by atomic mass is 16.6. The Hall–Kier alpha value is -3.00. The average molecular weight is 304 g/mol. The van der Waals surface area contributed by atoms with Crippen molar-refractivity contribution in [2.24, 2.45) is 0 Å². The molecule has 0 aliphatic carbocycles. The van der Waals surface area contributed by atoms with Crippen LogP contribution in [0.2, 0.25) is 0 Å². The van der Waals surface area contributed by atoms with Crippen molar-refractivity contribution in [1.82, 2.24) is 4.57 Å². The molecule has 2 rings (SSSR count). The Morgan fingerprint density at radius 3 is 2.32 bits per heavy atom.